The van der Waals surface area contributed by atoms with Gasteiger partial charge in [0.1, 0.15) is 0 Å². The molecule has 1 unspecified atom stereocenters. The van der Waals surface area contributed by atoms with Gasteiger partial charge in [-0.1, -0.05) is 18.7 Å². The molecule has 0 bridgehead atoms. The molecule has 0 aromatic carbocycles. The molecule has 0 radical (unpaired) electrons. The van der Waals surface area contributed by atoms with Crippen LogP contribution in [0.3, 0.4) is 0 Å². The molecule has 1 saturated carbocycles. The van der Waals surface area contributed by atoms with Gasteiger partial charge in [-0.15, -0.1) is 5.10 Å². The van der Waals surface area contributed by atoms with E-state index >= 15 is 0 Å². The van der Waals surface area contributed by atoms with E-state index < -0.39 is 0 Å². The van der Waals surface area contributed by atoms with E-state index in [9.17, 15) is 9.59 Å². The van der Waals surface area contributed by atoms with Gasteiger partial charge in [0.25, 0.3) is 0 Å². The molecule has 1 aliphatic carbocycles. The average molecular weight is 270 g/mol. The van der Waals surface area contributed by atoms with E-state index in [0.717, 1.165) is 19.3 Å². The monoisotopic (exact) mass is 270 g/mol. The quantitative estimate of drug-likeness (QED) is 0.747. The van der Waals surface area contributed by atoms with Crippen LogP contribution in [0.5, 0.6) is 0 Å². The molecule has 0 spiro atoms. The molecular formula is C11H18N4O2S. The fourth-order valence-corrected chi connectivity index (χ4v) is 2.46. The van der Waals surface area contributed by atoms with E-state index in [-0.39, 0.29) is 16.8 Å². The SMILES string of the molecule is CCCn1c(SC(C)C(=O)NC2CC2)n[nH]c1=O. The first-order valence-corrected chi connectivity index (χ1v) is 7.12. The molecular weight excluding hydrogens is 252 g/mol. The molecule has 1 fully saturated rings. The second-order valence-electron chi connectivity index (χ2n) is 4.51. The van der Waals surface area contributed by atoms with Crippen LogP contribution < -0.4 is 11.0 Å². The molecule has 18 heavy (non-hydrogen) atoms. The van der Waals surface area contributed by atoms with Crippen molar-refractivity contribution in [2.24, 2.45) is 0 Å². The highest BCUT2D eigenvalue weighted by molar-refractivity contribution is 8.00. The second-order valence-corrected chi connectivity index (χ2v) is 5.81. The maximum absolute atomic E-state index is 11.8. The summed E-state index contributed by atoms with van der Waals surface area (Å²) in [6, 6.07) is 0.359. The van der Waals surface area contributed by atoms with Crippen molar-refractivity contribution in [3.05, 3.63) is 10.5 Å². The van der Waals surface area contributed by atoms with Crippen LogP contribution in [0.4, 0.5) is 0 Å². The first kappa shape index (κ1) is 13.2. The van der Waals surface area contributed by atoms with Gasteiger partial charge in [-0.05, 0) is 26.2 Å². The van der Waals surface area contributed by atoms with E-state index in [0.29, 0.717) is 17.7 Å². The minimum absolute atomic E-state index is 0.0148. The maximum Gasteiger partial charge on any atom is 0.343 e. The van der Waals surface area contributed by atoms with Crippen LogP contribution in [-0.2, 0) is 11.3 Å². The Morgan fingerprint density at radius 2 is 2.39 bits per heavy atom. The zero-order valence-electron chi connectivity index (χ0n) is 10.6. The third-order valence-electron chi connectivity index (χ3n) is 2.75. The van der Waals surface area contributed by atoms with Crippen molar-refractivity contribution in [3.63, 3.8) is 0 Å². The fraction of sp³-hybridized carbons (Fsp3) is 0.727. The van der Waals surface area contributed by atoms with Crippen LogP contribution in [0.25, 0.3) is 0 Å². The van der Waals surface area contributed by atoms with Crippen LogP contribution in [-0.4, -0.2) is 32.0 Å². The molecule has 0 saturated heterocycles. The Labute approximate surface area is 110 Å². The summed E-state index contributed by atoms with van der Waals surface area (Å²) in [5.41, 5.74) is -0.214. The number of nitrogens with zero attached hydrogens (tertiary/aromatic N) is 2. The van der Waals surface area contributed by atoms with Gasteiger partial charge in [0.2, 0.25) is 5.91 Å². The molecule has 1 aliphatic rings. The summed E-state index contributed by atoms with van der Waals surface area (Å²) in [6.07, 6.45) is 3.01. The van der Waals surface area contributed by atoms with Gasteiger partial charge in [-0.3, -0.25) is 9.36 Å². The van der Waals surface area contributed by atoms with Gasteiger partial charge in [-0.25, -0.2) is 9.89 Å². The summed E-state index contributed by atoms with van der Waals surface area (Å²) in [7, 11) is 0. The van der Waals surface area contributed by atoms with E-state index in [1.54, 1.807) is 4.57 Å². The molecule has 2 N–H and O–H groups in total. The Morgan fingerprint density at radius 1 is 1.67 bits per heavy atom. The van der Waals surface area contributed by atoms with E-state index in [4.69, 9.17) is 0 Å². The van der Waals surface area contributed by atoms with Crippen molar-refractivity contribution in [1.29, 1.82) is 0 Å². The standard InChI is InChI=1S/C11H18N4O2S/c1-3-6-15-10(17)13-14-11(15)18-7(2)9(16)12-8-4-5-8/h7-8H,3-6H2,1-2H3,(H,12,16)(H,13,17). The zero-order chi connectivity index (χ0) is 13.1. The predicted octanol–water partition coefficient (Wildman–Crippen LogP) is 0.741. The minimum atomic E-state index is -0.239. The summed E-state index contributed by atoms with van der Waals surface area (Å²) in [5, 5.41) is 9.68. The van der Waals surface area contributed by atoms with Crippen LogP contribution >= 0.6 is 11.8 Å². The van der Waals surface area contributed by atoms with Crippen molar-refractivity contribution >= 4 is 17.7 Å². The van der Waals surface area contributed by atoms with Crippen molar-refractivity contribution in [3.8, 4) is 0 Å². The van der Waals surface area contributed by atoms with E-state index in [1.165, 1.54) is 11.8 Å². The molecule has 1 heterocycles. The predicted molar refractivity (Wildman–Crippen MR) is 69.6 cm³/mol. The van der Waals surface area contributed by atoms with Gasteiger partial charge in [0.05, 0.1) is 5.25 Å². The van der Waals surface area contributed by atoms with Crippen molar-refractivity contribution in [2.45, 2.75) is 56.1 Å². The summed E-state index contributed by atoms with van der Waals surface area (Å²) in [6.45, 7) is 4.45. The third-order valence-corrected chi connectivity index (χ3v) is 3.84. The Bertz CT molecular complexity index is 478. The number of carbonyl (C=O) groups excluding carboxylic acids is 1. The molecule has 1 atom stereocenters. The van der Waals surface area contributed by atoms with Gasteiger partial charge < -0.3 is 5.32 Å². The van der Waals surface area contributed by atoms with E-state index in [1.807, 2.05) is 13.8 Å². The number of rotatable bonds is 6. The summed E-state index contributed by atoms with van der Waals surface area (Å²) in [4.78, 5) is 23.3. The second kappa shape index (κ2) is 5.60. The normalized spacial score (nSPS) is 16.6. The molecule has 7 heteroatoms. The highest BCUT2D eigenvalue weighted by Gasteiger charge is 2.26. The third kappa shape index (κ3) is 3.16. The molecule has 2 rings (SSSR count). The lowest BCUT2D eigenvalue weighted by molar-refractivity contribution is -0.120. The maximum atomic E-state index is 11.8. The summed E-state index contributed by atoms with van der Waals surface area (Å²) in [5.74, 6) is 0.0148. The number of thioether (sulfide) groups is 1. The van der Waals surface area contributed by atoms with Crippen LogP contribution in [0.1, 0.15) is 33.1 Å². The minimum Gasteiger partial charge on any atom is -0.352 e. The van der Waals surface area contributed by atoms with Gasteiger partial charge in [0, 0.05) is 12.6 Å². The van der Waals surface area contributed by atoms with Crippen LogP contribution in [0, 0.1) is 0 Å². The van der Waals surface area contributed by atoms with Crippen molar-refractivity contribution in [1.82, 2.24) is 20.1 Å². The molecule has 6 nitrogen and oxygen atoms in total. The van der Waals surface area contributed by atoms with E-state index in [2.05, 4.69) is 15.5 Å². The molecule has 1 aromatic rings. The molecule has 0 aliphatic heterocycles. The molecule has 1 aromatic heterocycles. The Morgan fingerprint density at radius 3 is 3.00 bits per heavy atom. The number of aromatic amines is 1. The van der Waals surface area contributed by atoms with Crippen LogP contribution in [0.15, 0.2) is 9.95 Å². The smallest absolute Gasteiger partial charge is 0.343 e. The number of hydrogen-bond acceptors (Lipinski definition) is 4. The fourth-order valence-electron chi connectivity index (χ4n) is 1.57. The Balaban J connectivity index is 1.98. The topological polar surface area (TPSA) is 79.8 Å². The number of hydrogen-bond donors (Lipinski definition) is 2. The van der Waals surface area contributed by atoms with Gasteiger partial charge in [0.15, 0.2) is 5.16 Å². The highest BCUT2D eigenvalue weighted by Crippen LogP contribution is 2.23. The first-order chi connectivity index (χ1) is 8.61. The largest absolute Gasteiger partial charge is 0.352 e. The Kier molecular flexibility index (Phi) is 4.11. The average Bonchev–Trinajstić information content (AvgIpc) is 3.09. The number of carbonyl (C=O) groups is 1. The lowest BCUT2D eigenvalue weighted by Crippen LogP contribution is -2.32. The van der Waals surface area contributed by atoms with Crippen molar-refractivity contribution in [2.75, 3.05) is 0 Å². The number of nitrogens with one attached hydrogen (secondary N) is 2. The summed E-state index contributed by atoms with van der Waals surface area (Å²) >= 11 is 1.32. The summed E-state index contributed by atoms with van der Waals surface area (Å²) < 4.78 is 1.57. The highest BCUT2D eigenvalue weighted by atomic mass is 32.2. The number of amides is 1. The lowest BCUT2D eigenvalue weighted by Gasteiger charge is -2.11. The lowest BCUT2D eigenvalue weighted by atomic mass is 10.4. The first-order valence-electron chi connectivity index (χ1n) is 6.24. The Hall–Kier alpha value is -1.24. The zero-order valence-corrected chi connectivity index (χ0v) is 11.4. The molecule has 1 amide bonds. The molecule has 100 valence electrons. The number of aromatic nitrogens is 3. The van der Waals surface area contributed by atoms with Gasteiger partial charge >= 0.3 is 5.69 Å². The number of H-pyrrole nitrogens is 1. The van der Waals surface area contributed by atoms with Gasteiger partial charge in [-0.2, -0.15) is 0 Å². The van der Waals surface area contributed by atoms with Crippen molar-refractivity contribution < 1.29 is 4.79 Å². The van der Waals surface area contributed by atoms with Crippen LogP contribution in [0.2, 0.25) is 0 Å².